The molecule has 4 rings (SSSR count). The highest BCUT2D eigenvalue weighted by molar-refractivity contribution is 6.01. The number of alkyl halides is 2. The number of allylic oxidation sites excluding steroid dienone is 4. The lowest BCUT2D eigenvalue weighted by atomic mass is 9.44. The van der Waals surface area contributed by atoms with Gasteiger partial charge in [0.2, 0.25) is 5.78 Å². The third-order valence-electron chi connectivity index (χ3n) is 9.35. The Morgan fingerprint density at radius 2 is 1.92 bits per heavy atom. The Kier molecular flexibility index (Phi) is 6.55. The highest BCUT2D eigenvalue weighted by Crippen LogP contribution is 2.70. The highest BCUT2D eigenvalue weighted by atomic mass is 19.1. The zero-order valence-electron chi connectivity index (χ0n) is 21.1. The van der Waals surface area contributed by atoms with Crippen molar-refractivity contribution in [2.24, 2.45) is 22.7 Å². The number of halogens is 2. The van der Waals surface area contributed by atoms with E-state index in [1.165, 1.54) is 19.1 Å². The van der Waals surface area contributed by atoms with E-state index in [2.05, 4.69) is 0 Å². The number of carbonyl (C=O) groups is 4. The van der Waals surface area contributed by atoms with E-state index in [1.54, 1.807) is 13.8 Å². The number of Topliss-reactive ketones (excluding diaryl/α,β-unsaturated/α-hetero) is 1. The van der Waals surface area contributed by atoms with Crippen LogP contribution in [0.4, 0.5) is 8.78 Å². The molecule has 0 amide bonds. The summed E-state index contributed by atoms with van der Waals surface area (Å²) in [7, 11) is 0. The number of fused-ring (bicyclic) bond motifs is 5. The maximum atomic E-state index is 17.2. The average molecular weight is 509 g/mol. The zero-order valence-corrected chi connectivity index (χ0v) is 21.1. The first-order valence-electron chi connectivity index (χ1n) is 12.6. The van der Waals surface area contributed by atoms with Gasteiger partial charge in [0, 0.05) is 30.1 Å². The quantitative estimate of drug-likeness (QED) is 0.547. The summed E-state index contributed by atoms with van der Waals surface area (Å²) in [5, 5.41) is 11.4. The lowest BCUT2D eigenvalue weighted by Gasteiger charge is -2.63. The summed E-state index contributed by atoms with van der Waals surface area (Å²) in [6.45, 7) is 5.50. The maximum absolute atomic E-state index is 17.2. The number of ether oxygens (including phenoxy) is 2. The van der Waals surface area contributed by atoms with E-state index in [-0.39, 0.29) is 37.7 Å². The van der Waals surface area contributed by atoms with Gasteiger partial charge < -0.3 is 14.6 Å². The molecule has 9 heteroatoms. The Labute approximate surface area is 209 Å². The molecular formula is C27H34F2O7. The Hall–Kier alpha value is -2.42. The summed E-state index contributed by atoms with van der Waals surface area (Å²) in [4.78, 5) is 49.6. The van der Waals surface area contributed by atoms with Gasteiger partial charge in [0.1, 0.15) is 6.17 Å². The predicted octanol–water partition coefficient (Wildman–Crippen LogP) is 3.52. The zero-order chi connectivity index (χ0) is 26.7. The normalized spacial score (nSPS) is 43.1. The van der Waals surface area contributed by atoms with Crippen molar-refractivity contribution in [3.63, 3.8) is 0 Å². The lowest BCUT2D eigenvalue weighted by molar-refractivity contribution is -0.229. The summed E-state index contributed by atoms with van der Waals surface area (Å²) < 4.78 is 43.6. The van der Waals surface area contributed by atoms with Gasteiger partial charge in [-0.25, -0.2) is 8.78 Å². The topological polar surface area (TPSA) is 107 Å². The Bertz CT molecular complexity index is 1050. The molecule has 4 aliphatic carbocycles. The van der Waals surface area contributed by atoms with Gasteiger partial charge in [-0.3, -0.25) is 19.2 Å². The number of carbonyl (C=O) groups excluding carboxylic acids is 4. The summed E-state index contributed by atoms with van der Waals surface area (Å²) in [5.41, 5.74) is -6.80. The molecule has 3 saturated carbocycles. The number of hydrogen-bond donors (Lipinski definition) is 1. The minimum atomic E-state index is -2.30. The predicted molar refractivity (Wildman–Crippen MR) is 124 cm³/mol. The van der Waals surface area contributed by atoms with Gasteiger partial charge in [-0.1, -0.05) is 19.9 Å². The van der Waals surface area contributed by atoms with Crippen LogP contribution in [0.1, 0.15) is 66.2 Å². The van der Waals surface area contributed by atoms with Crippen LogP contribution in [-0.2, 0) is 28.7 Å². The molecule has 0 aromatic rings. The molecule has 3 fully saturated rings. The third-order valence-corrected chi connectivity index (χ3v) is 9.35. The molecule has 36 heavy (non-hydrogen) atoms. The monoisotopic (exact) mass is 508 g/mol. The van der Waals surface area contributed by atoms with E-state index in [0.29, 0.717) is 6.42 Å². The minimum Gasteiger partial charge on any atom is -0.458 e. The molecular weight excluding hydrogens is 474 g/mol. The molecule has 0 heterocycles. The molecule has 7 nitrogen and oxygen atoms in total. The second kappa shape index (κ2) is 8.85. The van der Waals surface area contributed by atoms with Crippen molar-refractivity contribution in [2.45, 2.75) is 89.8 Å². The SMILES string of the molecule is CCCC(=O)O[C@@]1(C(=O)COC(C)=O)CC[C@@H]2[C@H]3C[C@@H](F)C4=CC(=O)C=C[C@@]4(C)[C@]3(F)[C@H](O)C[C@]21C. The van der Waals surface area contributed by atoms with E-state index in [0.717, 1.165) is 13.0 Å². The van der Waals surface area contributed by atoms with Gasteiger partial charge in [0.25, 0.3) is 0 Å². The molecule has 4 aliphatic rings. The van der Waals surface area contributed by atoms with Crippen molar-refractivity contribution in [2.75, 3.05) is 6.61 Å². The number of aliphatic hydroxyl groups is 1. The number of hydrogen-bond acceptors (Lipinski definition) is 7. The van der Waals surface area contributed by atoms with Crippen molar-refractivity contribution in [1.29, 1.82) is 0 Å². The fourth-order valence-electron chi connectivity index (χ4n) is 7.61. The van der Waals surface area contributed by atoms with Crippen molar-refractivity contribution >= 4 is 23.5 Å². The van der Waals surface area contributed by atoms with Crippen LogP contribution in [0.15, 0.2) is 23.8 Å². The molecule has 0 spiro atoms. The van der Waals surface area contributed by atoms with Crippen LogP contribution < -0.4 is 0 Å². The van der Waals surface area contributed by atoms with Gasteiger partial charge in [-0.15, -0.1) is 0 Å². The van der Waals surface area contributed by atoms with Crippen LogP contribution in [0.25, 0.3) is 0 Å². The van der Waals surface area contributed by atoms with Crippen LogP contribution in [0.2, 0.25) is 0 Å². The first-order chi connectivity index (χ1) is 16.8. The molecule has 0 bridgehead atoms. The molecule has 198 valence electrons. The number of ketones is 2. The fourth-order valence-corrected chi connectivity index (χ4v) is 7.61. The summed E-state index contributed by atoms with van der Waals surface area (Å²) in [5.74, 6) is -3.96. The number of esters is 2. The van der Waals surface area contributed by atoms with Gasteiger partial charge >= 0.3 is 11.9 Å². The standard InChI is InChI=1S/C27H34F2O7/c1-5-6-23(34)36-26(22(33)14-35-15(2)30)10-8-17-18-12-20(28)19-11-16(31)7-9-24(19,3)27(18,29)21(32)13-25(17,26)4/h7,9,11,17-18,20-21,32H,5-6,8,10,12-14H2,1-4H3/t17-,18-,20-,21-,24-,25-,26-,27-/m1/s1. The first-order valence-corrected chi connectivity index (χ1v) is 12.6. The second-order valence-electron chi connectivity index (χ2n) is 11.2. The maximum Gasteiger partial charge on any atom is 0.306 e. The van der Waals surface area contributed by atoms with E-state index < -0.39 is 76.3 Å². The van der Waals surface area contributed by atoms with Gasteiger partial charge in [0.15, 0.2) is 23.7 Å². The van der Waals surface area contributed by atoms with E-state index in [1.807, 2.05) is 0 Å². The van der Waals surface area contributed by atoms with Crippen molar-refractivity contribution in [3.8, 4) is 0 Å². The Morgan fingerprint density at radius 3 is 2.56 bits per heavy atom. The van der Waals surface area contributed by atoms with E-state index in [4.69, 9.17) is 9.47 Å². The van der Waals surface area contributed by atoms with Crippen molar-refractivity contribution in [1.82, 2.24) is 0 Å². The van der Waals surface area contributed by atoms with Crippen LogP contribution >= 0.6 is 0 Å². The smallest absolute Gasteiger partial charge is 0.306 e. The largest absolute Gasteiger partial charge is 0.458 e. The van der Waals surface area contributed by atoms with E-state index in [9.17, 15) is 24.3 Å². The second-order valence-corrected chi connectivity index (χ2v) is 11.2. The van der Waals surface area contributed by atoms with Gasteiger partial charge in [-0.2, -0.15) is 0 Å². The van der Waals surface area contributed by atoms with Crippen LogP contribution in [0, 0.1) is 22.7 Å². The van der Waals surface area contributed by atoms with E-state index >= 15 is 8.78 Å². The lowest BCUT2D eigenvalue weighted by Crippen LogP contribution is -2.70. The average Bonchev–Trinajstić information content (AvgIpc) is 3.08. The van der Waals surface area contributed by atoms with Gasteiger partial charge in [-0.05, 0) is 62.7 Å². The van der Waals surface area contributed by atoms with Crippen LogP contribution in [0.3, 0.4) is 0 Å². The molecule has 8 atom stereocenters. The molecule has 0 radical (unpaired) electrons. The number of rotatable bonds is 6. The molecule has 0 saturated heterocycles. The van der Waals surface area contributed by atoms with Crippen molar-refractivity contribution in [3.05, 3.63) is 23.8 Å². The molecule has 1 N–H and O–H groups in total. The first kappa shape index (κ1) is 26.6. The number of aliphatic hydroxyl groups excluding tert-OH is 1. The van der Waals surface area contributed by atoms with Crippen LogP contribution in [0.5, 0.6) is 0 Å². The minimum absolute atomic E-state index is 0.0148. The Balaban J connectivity index is 1.80. The van der Waals surface area contributed by atoms with Gasteiger partial charge in [0.05, 0.1) is 6.10 Å². The molecule has 0 aromatic carbocycles. The molecule has 0 aromatic heterocycles. The molecule has 0 unspecified atom stereocenters. The summed E-state index contributed by atoms with van der Waals surface area (Å²) in [6, 6.07) is 0. The van der Waals surface area contributed by atoms with Crippen LogP contribution in [-0.4, -0.2) is 58.8 Å². The summed E-state index contributed by atoms with van der Waals surface area (Å²) >= 11 is 0. The molecule has 0 aliphatic heterocycles. The summed E-state index contributed by atoms with van der Waals surface area (Å²) in [6.07, 6.45) is 0.783. The fraction of sp³-hybridized carbons (Fsp3) is 0.704. The Morgan fingerprint density at radius 1 is 1.22 bits per heavy atom. The van der Waals surface area contributed by atoms with Crippen molar-refractivity contribution < 1.29 is 42.5 Å². The highest BCUT2D eigenvalue weighted by Gasteiger charge is 2.76. The third kappa shape index (κ3) is 3.52.